The lowest BCUT2D eigenvalue weighted by Gasteiger charge is -2.33. The fraction of sp³-hybridized carbons (Fsp3) is 0.467. The van der Waals surface area contributed by atoms with Crippen LogP contribution in [0.25, 0.3) is 0 Å². The van der Waals surface area contributed by atoms with Crippen LogP contribution in [-0.2, 0) is 0 Å². The van der Waals surface area contributed by atoms with E-state index in [-0.39, 0.29) is 0 Å². The van der Waals surface area contributed by atoms with E-state index >= 15 is 0 Å². The van der Waals surface area contributed by atoms with Crippen LogP contribution in [0.2, 0.25) is 0 Å². The molecule has 0 amide bonds. The molecule has 0 aliphatic heterocycles. The van der Waals surface area contributed by atoms with Gasteiger partial charge in [0.1, 0.15) is 0 Å². The Morgan fingerprint density at radius 3 is 2.76 bits per heavy atom. The third-order valence-corrected chi connectivity index (χ3v) is 6.11. The van der Waals surface area contributed by atoms with Crippen LogP contribution in [0, 0.1) is 23.2 Å². The van der Waals surface area contributed by atoms with E-state index in [9.17, 15) is 0 Å². The minimum atomic E-state index is 0.391. The van der Waals surface area contributed by atoms with Crippen LogP contribution >= 0.6 is 45.2 Å². The molecule has 1 saturated carbocycles. The molecule has 17 heavy (non-hydrogen) atoms. The van der Waals surface area contributed by atoms with Gasteiger partial charge in [0.15, 0.2) is 0 Å². The van der Waals surface area contributed by atoms with Crippen molar-refractivity contribution in [1.29, 1.82) is 0 Å². The molecule has 0 heterocycles. The third-order valence-electron chi connectivity index (χ3n) is 4.59. The van der Waals surface area contributed by atoms with Gasteiger partial charge in [0, 0.05) is 9.50 Å². The minimum absolute atomic E-state index is 0.391. The maximum atomic E-state index is 2.49. The van der Waals surface area contributed by atoms with E-state index in [0.29, 0.717) is 17.3 Å². The molecule has 0 aromatic rings. The van der Waals surface area contributed by atoms with Crippen LogP contribution < -0.4 is 0 Å². The molecule has 1 fully saturated rings. The van der Waals surface area contributed by atoms with Crippen LogP contribution in [0.15, 0.2) is 43.1 Å². The van der Waals surface area contributed by atoms with Gasteiger partial charge in [-0.1, -0.05) is 49.8 Å². The fourth-order valence-electron chi connectivity index (χ4n) is 3.59. The second kappa shape index (κ2) is 4.22. The first kappa shape index (κ1) is 12.5. The minimum Gasteiger partial charge on any atom is -0.0757 e. The molecular weight excluding hydrogens is 434 g/mol. The van der Waals surface area contributed by atoms with Crippen molar-refractivity contribution >= 4 is 45.2 Å². The van der Waals surface area contributed by atoms with Crippen LogP contribution in [0.1, 0.15) is 20.3 Å². The van der Waals surface area contributed by atoms with Crippen molar-refractivity contribution in [1.82, 2.24) is 0 Å². The van der Waals surface area contributed by atoms with Crippen molar-refractivity contribution in [3.05, 3.63) is 43.1 Å². The van der Waals surface area contributed by atoms with E-state index < -0.39 is 0 Å². The fourth-order valence-corrected chi connectivity index (χ4v) is 4.81. The van der Waals surface area contributed by atoms with Gasteiger partial charge >= 0.3 is 0 Å². The summed E-state index contributed by atoms with van der Waals surface area (Å²) in [5.74, 6) is 2.07. The van der Waals surface area contributed by atoms with E-state index in [0.717, 1.165) is 5.92 Å². The van der Waals surface area contributed by atoms with Gasteiger partial charge in [0.05, 0.1) is 0 Å². The zero-order valence-electron chi connectivity index (χ0n) is 10.1. The predicted molar refractivity (Wildman–Crippen MR) is 90.3 cm³/mol. The molecule has 0 nitrogen and oxygen atoms in total. The summed E-state index contributed by atoms with van der Waals surface area (Å²) in [6.45, 7) is 4.90. The summed E-state index contributed by atoms with van der Waals surface area (Å²) in [6, 6.07) is 0. The van der Waals surface area contributed by atoms with Gasteiger partial charge in [-0.2, -0.15) is 0 Å². The van der Waals surface area contributed by atoms with Crippen molar-refractivity contribution in [2.24, 2.45) is 23.2 Å². The summed E-state index contributed by atoms with van der Waals surface area (Å²) in [5.41, 5.74) is 2.05. The molecule has 2 heteroatoms. The van der Waals surface area contributed by atoms with Crippen LogP contribution in [0.5, 0.6) is 0 Å². The molecule has 3 atom stereocenters. The Morgan fingerprint density at radius 2 is 2.00 bits per heavy atom. The summed E-state index contributed by atoms with van der Waals surface area (Å²) in [7, 11) is 0. The van der Waals surface area contributed by atoms with Crippen molar-refractivity contribution < 1.29 is 0 Å². The summed E-state index contributed by atoms with van der Waals surface area (Å²) in [5, 5.41) is 0. The van der Waals surface area contributed by atoms with E-state index in [4.69, 9.17) is 0 Å². The Kier molecular flexibility index (Phi) is 3.09. The maximum absolute atomic E-state index is 2.49. The molecule has 0 radical (unpaired) electrons. The monoisotopic (exact) mass is 450 g/mol. The first-order valence-electron chi connectivity index (χ1n) is 6.12. The molecule has 2 unspecified atom stereocenters. The number of hydrogen-bond acceptors (Lipinski definition) is 0. The Bertz CT molecular complexity index is 477. The largest absolute Gasteiger partial charge is 0.0757 e. The first-order chi connectivity index (χ1) is 8.00. The molecule has 0 aromatic carbocycles. The second-order valence-electron chi connectivity index (χ2n) is 5.82. The second-order valence-corrected chi connectivity index (χ2v) is 8.45. The molecule has 0 aromatic heterocycles. The summed E-state index contributed by atoms with van der Waals surface area (Å²) in [6.07, 6.45) is 13.1. The van der Waals surface area contributed by atoms with Crippen molar-refractivity contribution in [3.63, 3.8) is 0 Å². The highest BCUT2D eigenvalue weighted by atomic mass is 127. The number of allylic oxidation sites excluding steroid dienone is 8. The highest BCUT2D eigenvalue weighted by Gasteiger charge is 2.51. The van der Waals surface area contributed by atoms with E-state index in [2.05, 4.69) is 89.4 Å². The molecule has 0 bridgehead atoms. The summed E-state index contributed by atoms with van der Waals surface area (Å²) >= 11 is 4.94. The zero-order valence-corrected chi connectivity index (χ0v) is 14.4. The normalized spacial score (nSPS) is 37.9. The third kappa shape index (κ3) is 1.90. The predicted octanol–water partition coefficient (Wildman–Crippen LogP) is 5.41. The van der Waals surface area contributed by atoms with E-state index in [1.54, 1.807) is 5.57 Å². The highest BCUT2D eigenvalue weighted by molar-refractivity contribution is 14.1. The van der Waals surface area contributed by atoms with Crippen LogP contribution in [0.4, 0.5) is 0 Å². The number of hydrogen-bond donors (Lipinski definition) is 0. The Morgan fingerprint density at radius 1 is 1.24 bits per heavy atom. The molecule has 0 N–H and O–H groups in total. The topological polar surface area (TPSA) is 0 Å². The van der Waals surface area contributed by atoms with Crippen LogP contribution in [0.3, 0.4) is 0 Å². The van der Waals surface area contributed by atoms with Gasteiger partial charge in [0.25, 0.3) is 0 Å². The molecule has 3 aliphatic carbocycles. The average molecular weight is 450 g/mol. The number of rotatable bonds is 0. The average Bonchev–Trinajstić information content (AvgIpc) is 2.49. The highest BCUT2D eigenvalue weighted by Crippen LogP contribution is 2.59. The molecule has 0 spiro atoms. The lowest BCUT2D eigenvalue weighted by Crippen LogP contribution is -2.26. The molecular formula is C15H16I2. The summed E-state index contributed by atoms with van der Waals surface area (Å²) < 4.78 is 2.91. The van der Waals surface area contributed by atoms with Gasteiger partial charge < -0.3 is 0 Å². The molecule has 0 saturated heterocycles. The Hall–Kier alpha value is 0.420. The van der Waals surface area contributed by atoms with Crippen LogP contribution in [-0.4, -0.2) is 0 Å². The van der Waals surface area contributed by atoms with Gasteiger partial charge in [0.2, 0.25) is 0 Å². The quantitative estimate of drug-likeness (QED) is 0.433. The smallest absolute Gasteiger partial charge is 0.00903 e. The first-order valence-corrected chi connectivity index (χ1v) is 8.27. The van der Waals surface area contributed by atoms with Gasteiger partial charge in [-0.05, 0) is 72.4 Å². The summed E-state index contributed by atoms with van der Waals surface area (Å²) in [4.78, 5) is 0. The molecule has 3 rings (SSSR count). The van der Waals surface area contributed by atoms with Crippen molar-refractivity contribution in [2.45, 2.75) is 20.3 Å². The SMILES string of the molecule is CC1(C)C2CC(I)=CC=C2[C@H]2C=CC(I)=CC21. The lowest BCUT2D eigenvalue weighted by molar-refractivity contribution is 0.218. The maximum Gasteiger partial charge on any atom is 0.00903 e. The van der Waals surface area contributed by atoms with Gasteiger partial charge in [-0.25, -0.2) is 0 Å². The Balaban J connectivity index is 2.08. The Labute approximate surface area is 131 Å². The number of halogens is 2. The van der Waals surface area contributed by atoms with Crippen molar-refractivity contribution in [3.8, 4) is 0 Å². The number of fused-ring (bicyclic) bond motifs is 3. The van der Waals surface area contributed by atoms with E-state index in [1.807, 2.05) is 0 Å². The zero-order chi connectivity index (χ0) is 12.2. The van der Waals surface area contributed by atoms with Crippen molar-refractivity contribution in [2.75, 3.05) is 0 Å². The molecule has 3 aliphatic rings. The van der Waals surface area contributed by atoms with Gasteiger partial charge in [-0.3, -0.25) is 0 Å². The molecule has 90 valence electrons. The standard InChI is InChI=1S/C15H16I2/c1-15(2)13-7-9(16)3-5-11(13)12-6-4-10(17)8-14(12)15/h3-7,11,13-14H,8H2,1-2H3/t11-,13?,14?/m1/s1. The lowest BCUT2D eigenvalue weighted by atomic mass is 9.72. The van der Waals surface area contributed by atoms with E-state index in [1.165, 1.54) is 13.6 Å². The van der Waals surface area contributed by atoms with Gasteiger partial charge in [-0.15, -0.1) is 0 Å².